The Balaban J connectivity index is 1.85. The fourth-order valence-corrected chi connectivity index (χ4v) is 2.10. The Hall–Kier alpha value is -0.330. The van der Waals surface area contributed by atoms with Crippen molar-refractivity contribution in [3.05, 3.63) is 0 Å². The summed E-state index contributed by atoms with van der Waals surface area (Å²) in [4.78, 5) is 4.81. The lowest BCUT2D eigenvalue weighted by Gasteiger charge is -2.18. The molecule has 2 saturated carbocycles. The molecule has 2 aliphatic rings. The van der Waals surface area contributed by atoms with Gasteiger partial charge in [0.05, 0.1) is 0 Å². The second kappa shape index (κ2) is 3.59. The molecular weight excluding hydrogens is 146 g/mol. The Morgan fingerprint density at radius 2 is 1.67 bits per heavy atom. The van der Waals surface area contributed by atoms with Crippen molar-refractivity contribution < 1.29 is 0 Å². The van der Waals surface area contributed by atoms with E-state index in [1.807, 2.05) is 0 Å². The number of hydrogen-bond acceptors (Lipinski definition) is 1. The summed E-state index contributed by atoms with van der Waals surface area (Å²) in [6.45, 7) is 2.23. The van der Waals surface area contributed by atoms with Crippen molar-refractivity contribution in [2.24, 2.45) is 10.9 Å². The van der Waals surface area contributed by atoms with E-state index in [4.69, 9.17) is 4.99 Å². The number of nitrogens with zero attached hydrogens (tertiary/aromatic N) is 1. The summed E-state index contributed by atoms with van der Waals surface area (Å²) in [6.07, 6.45) is 9.77. The van der Waals surface area contributed by atoms with Crippen molar-refractivity contribution in [2.45, 2.75) is 57.9 Å². The van der Waals surface area contributed by atoms with Crippen LogP contribution in [0, 0.1) is 5.92 Å². The van der Waals surface area contributed by atoms with Crippen LogP contribution in [0.25, 0.3) is 0 Å². The highest BCUT2D eigenvalue weighted by Crippen LogP contribution is 2.31. The van der Waals surface area contributed by atoms with Gasteiger partial charge in [0.2, 0.25) is 0 Å². The highest BCUT2D eigenvalue weighted by atomic mass is 14.8. The maximum Gasteiger partial charge on any atom is 0.0499 e. The van der Waals surface area contributed by atoms with Gasteiger partial charge in [-0.3, -0.25) is 4.99 Å². The molecule has 0 heterocycles. The van der Waals surface area contributed by atoms with Gasteiger partial charge in [-0.1, -0.05) is 19.3 Å². The number of rotatable bonds is 2. The Bertz CT molecular complexity index is 173. The molecule has 0 radical (unpaired) electrons. The van der Waals surface area contributed by atoms with Crippen LogP contribution < -0.4 is 0 Å². The largest absolute Gasteiger partial charge is 0.291 e. The molecular formula is C11H19N. The standard InChI is InChI=1S/C11H19N/c1-9(10-7-8-10)12-11-5-3-2-4-6-11/h10-11H,2-8H2,1H3/b12-9+. The zero-order valence-corrected chi connectivity index (χ0v) is 8.05. The summed E-state index contributed by atoms with van der Waals surface area (Å²) in [5.74, 6) is 0.881. The smallest absolute Gasteiger partial charge is 0.0499 e. The van der Waals surface area contributed by atoms with E-state index in [0.29, 0.717) is 6.04 Å². The minimum Gasteiger partial charge on any atom is -0.291 e. The normalized spacial score (nSPS) is 27.6. The van der Waals surface area contributed by atoms with E-state index in [0.717, 1.165) is 5.92 Å². The summed E-state index contributed by atoms with van der Waals surface area (Å²) in [6, 6.07) is 0.694. The number of hydrogen-bond donors (Lipinski definition) is 0. The van der Waals surface area contributed by atoms with Crippen LogP contribution in [0.15, 0.2) is 4.99 Å². The van der Waals surface area contributed by atoms with Gasteiger partial charge in [-0.25, -0.2) is 0 Å². The predicted molar refractivity (Wildman–Crippen MR) is 52.7 cm³/mol. The molecule has 0 amide bonds. The van der Waals surface area contributed by atoms with E-state index in [1.54, 1.807) is 0 Å². The molecule has 0 atom stereocenters. The Morgan fingerprint density at radius 3 is 2.25 bits per heavy atom. The fourth-order valence-electron chi connectivity index (χ4n) is 2.10. The first-order valence-corrected chi connectivity index (χ1v) is 5.40. The van der Waals surface area contributed by atoms with Crippen LogP contribution in [0.2, 0.25) is 0 Å². The summed E-state index contributed by atoms with van der Waals surface area (Å²) >= 11 is 0. The molecule has 0 unspecified atom stereocenters. The monoisotopic (exact) mass is 165 g/mol. The van der Waals surface area contributed by atoms with E-state index in [1.165, 1.54) is 50.7 Å². The molecule has 68 valence electrons. The minimum absolute atomic E-state index is 0.694. The van der Waals surface area contributed by atoms with Crippen LogP contribution in [0.5, 0.6) is 0 Å². The van der Waals surface area contributed by atoms with Gasteiger partial charge in [0.15, 0.2) is 0 Å². The van der Waals surface area contributed by atoms with Gasteiger partial charge in [-0.05, 0) is 38.5 Å². The molecule has 0 spiro atoms. The van der Waals surface area contributed by atoms with Crippen LogP contribution in [0.3, 0.4) is 0 Å². The average molecular weight is 165 g/mol. The van der Waals surface area contributed by atoms with Crippen molar-refractivity contribution >= 4 is 5.71 Å². The second-order valence-corrected chi connectivity index (χ2v) is 4.34. The predicted octanol–water partition coefficient (Wildman–Crippen LogP) is 3.19. The first-order valence-electron chi connectivity index (χ1n) is 5.40. The maximum atomic E-state index is 4.81. The fraction of sp³-hybridized carbons (Fsp3) is 0.909. The second-order valence-electron chi connectivity index (χ2n) is 4.34. The molecule has 0 N–H and O–H groups in total. The minimum atomic E-state index is 0.694. The van der Waals surface area contributed by atoms with Crippen molar-refractivity contribution in [2.75, 3.05) is 0 Å². The first kappa shape index (κ1) is 8.28. The average Bonchev–Trinajstić information content (AvgIpc) is 2.88. The highest BCUT2D eigenvalue weighted by Gasteiger charge is 2.25. The third-order valence-corrected chi connectivity index (χ3v) is 3.13. The quantitative estimate of drug-likeness (QED) is 0.557. The molecule has 1 heteroatoms. The molecule has 0 bridgehead atoms. The van der Waals surface area contributed by atoms with Gasteiger partial charge in [-0.15, -0.1) is 0 Å². The summed E-state index contributed by atoms with van der Waals surface area (Å²) < 4.78 is 0. The molecule has 0 aromatic heterocycles. The Kier molecular flexibility index (Phi) is 2.48. The third kappa shape index (κ3) is 2.09. The van der Waals surface area contributed by atoms with Gasteiger partial charge in [-0.2, -0.15) is 0 Å². The van der Waals surface area contributed by atoms with E-state index < -0.39 is 0 Å². The van der Waals surface area contributed by atoms with Gasteiger partial charge < -0.3 is 0 Å². The molecule has 0 aliphatic heterocycles. The molecule has 0 aromatic rings. The zero-order chi connectivity index (χ0) is 8.39. The van der Waals surface area contributed by atoms with Gasteiger partial charge >= 0.3 is 0 Å². The van der Waals surface area contributed by atoms with Crippen molar-refractivity contribution in [1.82, 2.24) is 0 Å². The van der Waals surface area contributed by atoms with Gasteiger partial charge in [0, 0.05) is 11.8 Å². The van der Waals surface area contributed by atoms with Gasteiger partial charge in [0.1, 0.15) is 0 Å². The molecule has 0 saturated heterocycles. The summed E-state index contributed by atoms with van der Waals surface area (Å²) in [7, 11) is 0. The lowest BCUT2D eigenvalue weighted by molar-refractivity contribution is 0.442. The van der Waals surface area contributed by atoms with E-state index in [9.17, 15) is 0 Å². The van der Waals surface area contributed by atoms with Crippen LogP contribution in [-0.4, -0.2) is 11.8 Å². The van der Waals surface area contributed by atoms with Crippen molar-refractivity contribution in [3.8, 4) is 0 Å². The molecule has 1 nitrogen and oxygen atoms in total. The van der Waals surface area contributed by atoms with Crippen LogP contribution in [0.1, 0.15) is 51.9 Å². The Labute approximate surface area is 75.3 Å². The highest BCUT2D eigenvalue weighted by molar-refractivity contribution is 5.86. The zero-order valence-electron chi connectivity index (χ0n) is 8.05. The third-order valence-electron chi connectivity index (χ3n) is 3.13. The van der Waals surface area contributed by atoms with Crippen LogP contribution in [0.4, 0.5) is 0 Å². The Morgan fingerprint density at radius 1 is 1.00 bits per heavy atom. The van der Waals surface area contributed by atoms with E-state index in [-0.39, 0.29) is 0 Å². The molecule has 2 aliphatic carbocycles. The van der Waals surface area contributed by atoms with E-state index >= 15 is 0 Å². The number of aliphatic imine (C=N–C) groups is 1. The summed E-state index contributed by atoms with van der Waals surface area (Å²) in [5.41, 5.74) is 1.45. The maximum absolute atomic E-state index is 4.81. The molecule has 2 fully saturated rings. The topological polar surface area (TPSA) is 12.4 Å². The van der Waals surface area contributed by atoms with E-state index in [2.05, 4.69) is 6.92 Å². The van der Waals surface area contributed by atoms with Crippen LogP contribution >= 0.6 is 0 Å². The van der Waals surface area contributed by atoms with Crippen LogP contribution in [-0.2, 0) is 0 Å². The molecule has 0 aromatic carbocycles. The first-order chi connectivity index (χ1) is 5.86. The molecule has 12 heavy (non-hydrogen) atoms. The molecule has 2 rings (SSSR count). The lowest BCUT2D eigenvalue weighted by Crippen LogP contribution is -2.12. The summed E-state index contributed by atoms with van der Waals surface area (Å²) in [5, 5.41) is 0. The van der Waals surface area contributed by atoms with Gasteiger partial charge in [0.25, 0.3) is 0 Å². The van der Waals surface area contributed by atoms with Crippen molar-refractivity contribution in [1.29, 1.82) is 0 Å². The van der Waals surface area contributed by atoms with Crippen molar-refractivity contribution in [3.63, 3.8) is 0 Å². The SMILES string of the molecule is C/C(=N\C1CCCCC1)C1CC1. The lowest BCUT2D eigenvalue weighted by atomic mass is 9.96.